The number of para-hydroxylation sites is 2. The van der Waals surface area contributed by atoms with Gasteiger partial charge in [-0.05, 0) is 65.2 Å². The van der Waals surface area contributed by atoms with Gasteiger partial charge in [0, 0.05) is 49.5 Å². The van der Waals surface area contributed by atoms with E-state index in [1.807, 2.05) is 66.7 Å². The summed E-state index contributed by atoms with van der Waals surface area (Å²) in [6, 6.07) is 67.6. The van der Waals surface area contributed by atoms with Crippen LogP contribution < -0.4 is 0 Å². The highest BCUT2D eigenvalue weighted by Crippen LogP contribution is 2.41. The first-order valence-electron chi connectivity index (χ1n) is 18.8. The Morgan fingerprint density at radius 1 is 0.339 bits per heavy atom. The molecule has 8 aromatic carbocycles. The van der Waals surface area contributed by atoms with Gasteiger partial charge in [0.1, 0.15) is 11.2 Å². The van der Waals surface area contributed by atoms with Crippen molar-refractivity contribution in [2.45, 2.75) is 0 Å². The molecule has 262 valence electrons. The van der Waals surface area contributed by atoms with Gasteiger partial charge in [0.15, 0.2) is 17.5 Å². The summed E-state index contributed by atoms with van der Waals surface area (Å²) in [5.41, 5.74) is 12.5. The zero-order valence-corrected chi connectivity index (χ0v) is 30.2. The van der Waals surface area contributed by atoms with Crippen LogP contribution in [0.2, 0.25) is 0 Å². The Kier molecular flexibility index (Phi) is 7.42. The third kappa shape index (κ3) is 5.37. The second kappa shape index (κ2) is 13.0. The van der Waals surface area contributed by atoms with Crippen LogP contribution in [0.5, 0.6) is 0 Å². The molecule has 0 aliphatic heterocycles. The van der Waals surface area contributed by atoms with Crippen LogP contribution in [-0.2, 0) is 0 Å². The number of rotatable bonds is 6. The second-order valence-electron chi connectivity index (χ2n) is 14.0. The monoisotopic (exact) mass is 716 g/mol. The topological polar surface area (TPSA) is 56.7 Å². The number of hydrogen-bond acceptors (Lipinski definition) is 4. The molecule has 11 aromatic rings. The standard InChI is InChI=1S/C51H32N4O/c1-5-14-33(15-6-1)40-22-13-23-43-44-30-36(26-29-45(44)55(48(40)43)39-20-11-4-12-21-39)37-24-27-41-42-28-25-38(32-47(42)56-46(41)31-37)51-53-49(34-16-7-2-8-17-34)52-50(54-51)35-18-9-3-10-19-35/h1-32H. The first-order chi connectivity index (χ1) is 27.7. The Morgan fingerprint density at radius 2 is 0.839 bits per heavy atom. The molecule has 0 saturated heterocycles. The van der Waals surface area contributed by atoms with E-state index in [9.17, 15) is 0 Å². The first kappa shape index (κ1) is 31.9. The number of aromatic nitrogens is 4. The van der Waals surface area contributed by atoms with E-state index >= 15 is 0 Å². The summed E-state index contributed by atoms with van der Waals surface area (Å²) in [6.45, 7) is 0. The molecule has 0 radical (unpaired) electrons. The van der Waals surface area contributed by atoms with Gasteiger partial charge >= 0.3 is 0 Å². The van der Waals surface area contributed by atoms with Gasteiger partial charge in [0.05, 0.1) is 11.0 Å². The van der Waals surface area contributed by atoms with E-state index in [1.165, 1.54) is 32.9 Å². The fourth-order valence-corrected chi connectivity index (χ4v) is 7.98. The Labute approximate surface area is 322 Å². The number of furan rings is 1. The van der Waals surface area contributed by atoms with Crippen molar-refractivity contribution in [3.63, 3.8) is 0 Å². The van der Waals surface area contributed by atoms with Crippen LogP contribution >= 0.6 is 0 Å². The van der Waals surface area contributed by atoms with Gasteiger partial charge < -0.3 is 8.98 Å². The van der Waals surface area contributed by atoms with Crippen molar-refractivity contribution < 1.29 is 4.42 Å². The quantitative estimate of drug-likeness (QED) is 0.172. The fourth-order valence-electron chi connectivity index (χ4n) is 7.98. The number of nitrogens with zero attached hydrogens (tertiary/aromatic N) is 4. The lowest BCUT2D eigenvalue weighted by Crippen LogP contribution is -2.00. The van der Waals surface area contributed by atoms with Gasteiger partial charge in [0.2, 0.25) is 0 Å². The highest BCUT2D eigenvalue weighted by Gasteiger charge is 2.19. The van der Waals surface area contributed by atoms with Crippen molar-refractivity contribution in [3.8, 4) is 62.1 Å². The van der Waals surface area contributed by atoms with Crippen LogP contribution in [0, 0.1) is 0 Å². The molecule has 0 amide bonds. The van der Waals surface area contributed by atoms with Gasteiger partial charge in [0.25, 0.3) is 0 Å². The van der Waals surface area contributed by atoms with Crippen molar-refractivity contribution in [1.82, 2.24) is 19.5 Å². The minimum atomic E-state index is 0.596. The summed E-state index contributed by atoms with van der Waals surface area (Å²) >= 11 is 0. The Balaban J connectivity index is 1.03. The summed E-state index contributed by atoms with van der Waals surface area (Å²) in [7, 11) is 0. The zero-order chi connectivity index (χ0) is 37.0. The smallest absolute Gasteiger partial charge is 0.164 e. The number of hydrogen-bond donors (Lipinski definition) is 0. The summed E-state index contributed by atoms with van der Waals surface area (Å²) in [6.07, 6.45) is 0. The summed E-state index contributed by atoms with van der Waals surface area (Å²) < 4.78 is 9.01. The van der Waals surface area contributed by atoms with Gasteiger partial charge in [-0.1, -0.05) is 146 Å². The number of fused-ring (bicyclic) bond motifs is 6. The van der Waals surface area contributed by atoms with Crippen molar-refractivity contribution in [1.29, 1.82) is 0 Å². The molecule has 0 bridgehead atoms. The molecule has 5 heteroatoms. The van der Waals surface area contributed by atoms with Gasteiger partial charge in [-0.25, -0.2) is 15.0 Å². The van der Waals surface area contributed by atoms with Gasteiger partial charge in [-0.2, -0.15) is 0 Å². The molecule has 0 unspecified atom stereocenters. The van der Waals surface area contributed by atoms with Crippen LogP contribution in [0.25, 0.3) is 106 Å². The van der Waals surface area contributed by atoms with E-state index in [1.54, 1.807) is 0 Å². The molecule has 0 spiro atoms. The van der Waals surface area contributed by atoms with Crippen LogP contribution in [0.1, 0.15) is 0 Å². The van der Waals surface area contributed by atoms with Crippen LogP contribution in [0.4, 0.5) is 0 Å². The summed E-state index contributed by atoms with van der Waals surface area (Å²) in [5.74, 6) is 1.85. The van der Waals surface area contributed by atoms with E-state index < -0.39 is 0 Å². The maximum atomic E-state index is 6.62. The molecule has 3 heterocycles. The Morgan fingerprint density at radius 3 is 1.46 bits per heavy atom. The summed E-state index contributed by atoms with van der Waals surface area (Å²) in [4.78, 5) is 14.7. The lowest BCUT2D eigenvalue weighted by atomic mass is 9.99. The third-order valence-corrected chi connectivity index (χ3v) is 10.7. The lowest BCUT2D eigenvalue weighted by Gasteiger charge is -2.11. The largest absolute Gasteiger partial charge is 0.456 e. The van der Waals surface area contributed by atoms with Crippen molar-refractivity contribution >= 4 is 43.7 Å². The van der Waals surface area contributed by atoms with Crippen molar-refractivity contribution in [3.05, 3.63) is 194 Å². The van der Waals surface area contributed by atoms with E-state index in [2.05, 4.69) is 132 Å². The van der Waals surface area contributed by atoms with Crippen molar-refractivity contribution in [2.75, 3.05) is 0 Å². The molecule has 56 heavy (non-hydrogen) atoms. The molecule has 0 aliphatic carbocycles. The number of benzene rings is 8. The fraction of sp³-hybridized carbons (Fsp3) is 0. The molecule has 11 rings (SSSR count). The predicted octanol–water partition coefficient (Wildman–Crippen LogP) is 13.2. The Bertz CT molecular complexity index is 3170. The maximum absolute atomic E-state index is 6.62. The maximum Gasteiger partial charge on any atom is 0.164 e. The highest BCUT2D eigenvalue weighted by atomic mass is 16.3. The predicted molar refractivity (Wildman–Crippen MR) is 229 cm³/mol. The highest BCUT2D eigenvalue weighted by molar-refractivity contribution is 6.15. The average Bonchev–Trinajstić information content (AvgIpc) is 3.82. The molecule has 0 aliphatic rings. The van der Waals surface area contributed by atoms with Gasteiger partial charge in [-0.3, -0.25) is 0 Å². The molecular weight excluding hydrogens is 685 g/mol. The SMILES string of the molecule is c1ccc(-c2nc(-c3ccccc3)nc(-c3ccc4c(c3)oc3cc(-c5ccc6c(c5)c5cccc(-c7ccccc7)c5n6-c5ccccc5)ccc34)n2)cc1. The summed E-state index contributed by atoms with van der Waals surface area (Å²) in [5, 5.41) is 4.53. The first-order valence-corrected chi connectivity index (χ1v) is 18.8. The van der Waals surface area contributed by atoms with E-state index in [0.717, 1.165) is 55.4 Å². The lowest BCUT2D eigenvalue weighted by molar-refractivity contribution is 0.669. The molecule has 5 nitrogen and oxygen atoms in total. The van der Waals surface area contributed by atoms with Crippen LogP contribution in [0.15, 0.2) is 199 Å². The van der Waals surface area contributed by atoms with E-state index in [-0.39, 0.29) is 0 Å². The second-order valence-corrected chi connectivity index (χ2v) is 14.0. The molecule has 0 fully saturated rings. The molecule has 3 aromatic heterocycles. The zero-order valence-electron chi connectivity index (χ0n) is 30.2. The third-order valence-electron chi connectivity index (χ3n) is 10.7. The minimum Gasteiger partial charge on any atom is -0.456 e. The molecule has 0 N–H and O–H groups in total. The minimum absolute atomic E-state index is 0.596. The molecule has 0 saturated carbocycles. The van der Waals surface area contributed by atoms with Crippen LogP contribution in [0.3, 0.4) is 0 Å². The van der Waals surface area contributed by atoms with E-state index in [0.29, 0.717) is 17.5 Å². The van der Waals surface area contributed by atoms with Crippen LogP contribution in [-0.4, -0.2) is 19.5 Å². The van der Waals surface area contributed by atoms with E-state index in [4.69, 9.17) is 19.4 Å². The molecule has 0 atom stereocenters. The average molecular weight is 717 g/mol. The van der Waals surface area contributed by atoms with Gasteiger partial charge in [-0.15, -0.1) is 0 Å². The van der Waals surface area contributed by atoms with Crippen molar-refractivity contribution in [2.24, 2.45) is 0 Å². The normalized spacial score (nSPS) is 11.6. The Hall–Kier alpha value is -7.63. The molecular formula is C51H32N4O.